The Morgan fingerprint density at radius 2 is 1.66 bits per heavy atom. The Hall–Kier alpha value is -4.13. The maximum Gasteiger partial charge on any atom is 0.248 e. The Bertz CT molecular complexity index is 1110. The lowest BCUT2D eigenvalue weighted by Crippen LogP contribution is -2.19. The van der Waals surface area contributed by atoms with Crippen molar-refractivity contribution in [3.8, 4) is 5.69 Å². The molecular weight excluding hydrogens is 364 g/mol. The van der Waals surface area contributed by atoms with E-state index in [0.717, 1.165) is 16.9 Å². The second-order valence-corrected chi connectivity index (χ2v) is 6.54. The number of nitrogens with two attached hydrogens (primary N) is 2. The van der Waals surface area contributed by atoms with E-state index < -0.39 is 5.91 Å². The molecular formula is C22H20N6O. The van der Waals surface area contributed by atoms with Gasteiger partial charge in [-0.15, -0.1) is 5.10 Å². The Balaban J connectivity index is 1.72. The fourth-order valence-corrected chi connectivity index (χ4v) is 3.07. The van der Waals surface area contributed by atoms with Gasteiger partial charge in [0.05, 0.1) is 17.6 Å². The van der Waals surface area contributed by atoms with Gasteiger partial charge in [-0.05, 0) is 42.0 Å². The molecule has 0 atom stereocenters. The standard InChI is InChI=1S/C22H20N6O/c23-20-15-28(19-4-2-1-3-5-19)26-22(20)27(18-10-12-25-13-11-18)14-16-6-8-17(9-7-16)21(24)29/h1-13,15H,14,23H2,(H2,24,29). The molecule has 2 aromatic heterocycles. The van der Waals surface area contributed by atoms with Crippen molar-refractivity contribution in [3.05, 3.63) is 96.4 Å². The molecule has 2 aromatic carbocycles. The van der Waals surface area contributed by atoms with E-state index in [9.17, 15) is 4.79 Å². The summed E-state index contributed by atoms with van der Waals surface area (Å²) >= 11 is 0. The van der Waals surface area contributed by atoms with Crippen LogP contribution in [0.1, 0.15) is 15.9 Å². The van der Waals surface area contributed by atoms with Gasteiger partial charge >= 0.3 is 0 Å². The zero-order chi connectivity index (χ0) is 20.2. The number of pyridine rings is 1. The van der Waals surface area contributed by atoms with Crippen LogP contribution in [0.5, 0.6) is 0 Å². The molecule has 0 saturated carbocycles. The summed E-state index contributed by atoms with van der Waals surface area (Å²) in [5.74, 6) is 0.187. The zero-order valence-electron chi connectivity index (χ0n) is 15.6. The molecule has 0 unspecified atom stereocenters. The first kappa shape index (κ1) is 18.2. The Morgan fingerprint density at radius 1 is 0.966 bits per heavy atom. The van der Waals surface area contributed by atoms with Gasteiger partial charge in [0.1, 0.15) is 0 Å². The molecule has 7 heteroatoms. The number of amides is 1. The summed E-state index contributed by atoms with van der Waals surface area (Å²) in [5.41, 5.74) is 15.5. The van der Waals surface area contributed by atoms with Gasteiger partial charge in [-0.3, -0.25) is 9.78 Å². The summed E-state index contributed by atoms with van der Waals surface area (Å²) in [7, 11) is 0. The van der Waals surface area contributed by atoms with Gasteiger partial charge in [0, 0.05) is 30.2 Å². The summed E-state index contributed by atoms with van der Waals surface area (Å²) in [6, 6.07) is 20.8. The molecule has 4 rings (SSSR count). The van der Waals surface area contributed by atoms with Crippen molar-refractivity contribution in [2.24, 2.45) is 5.73 Å². The maximum absolute atomic E-state index is 11.3. The first-order chi connectivity index (χ1) is 14.1. The van der Waals surface area contributed by atoms with E-state index in [0.29, 0.717) is 23.6 Å². The van der Waals surface area contributed by atoms with E-state index in [1.165, 1.54) is 0 Å². The number of rotatable bonds is 6. The van der Waals surface area contributed by atoms with Gasteiger partial charge in [-0.1, -0.05) is 30.3 Å². The van der Waals surface area contributed by atoms with Gasteiger partial charge in [0.15, 0.2) is 5.82 Å². The molecule has 144 valence electrons. The third kappa shape index (κ3) is 3.93. The van der Waals surface area contributed by atoms with Crippen molar-refractivity contribution in [2.75, 3.05) is 10.6 Å². The second-order valence-electron chi connectivity index (χ2n) is 6.54. The SMILES string of the molecule is NC(=O)c1ccc(CN(c2ccncc2)c2nn(-c3ccccc3)cc2N)cc1. The quantitative estimate of drug-likeness (QED) is 0.531. The number of para-hydroxylation sites is 1. The van der Waals surface area contributed by atoms with E-state index >= 15 is 0 Å². The molecule has 7 nitrogen and oxygen atoms in total. The van der Waals surface area contributed by atoms with Gasteiger partial charge in [-0.2, -0.15) is 0 Å². The Labute approximate surface area is 168 Å². The van der Waals surface area contributed by atoms with Gasteiger partial charge in [0.2, 0.25) is 5.91 Å². The van der Waals surface area contributed by atoms with Crippen LogP contribution in [0.25, 0.3) is 5.69 Å². The summed E-state index contributed by atoms with van der Waals surface area (Å²) < 4.78 is 1.76. The van der Waals surface area contributed by atoms with Crippen molar-refractivity contribution in [1.29, 1.82) is 0 Å². The number of nitrogens with zero attached hydrogens (tertiary/aromatic N) is 4. The highest BCUT2D eigenvalue weighted by molar-refractivity contribution is 5.92. The van der Waals surface area contributed by atoms with Crippen LogP contribution >= 0.6 is 0 Å². The highest BCUT2D eigenvalue weighted by Crippen LogP contribution is 2.31. The summed E-state index contributed by atoms with van der Waals surface area (Å²) in [6.45, 7) is 0.513. The maximum atomic E-state index is 11.3. The van der Waals surface area contributed by atoms with E-state index in [1.807, 2.05) is 59.5 Å². The first-order valence-electron chi connectivity index (χ1n) is 9.09. The lowest BCUT2D eigenvalue weighted by molar-refractivity contribution is 0.100. The number of aromatic nitrogens is 3. The van der Waals surface area contributed by atoms with Crippen molar-refractivity contribution >= 4 is 23.1 Å². The van der Waals surface area contributed by atoms with Crippen LogP contribution in [0.2, 0.25) is 0 Å². The van der Waals surface area contributed by atoms with Crippen LogP contribution in [0.4, 0.5) is 17.2 Å². The number of hydrogen-bond donors (Lipinski definition) is 2. The monoisotopic (exact) mass is 384 g/mol. The molecule has 4 aromatic rings. The number of anilines is 3. The van der Waals surface area contributed by atoms with Crippen molar-refractivity contribution in [3.63, 3.8) is 0 Å². The minimum Gasteiger partial charge on any atom is -0.394 e. The molecule has 0 radical (unpaired) electrons. The summed E-state index contributed by atoms with van der Waals surface area (Å²) in [4.78, 5) is 17.4. The predicted molar refractivity (Wildman–Crippen MR) is 113 cm³/mol. The van der Waals surface area contributed by atoms with Gasteiger partial charge in [0.25, 0.3) is 0 Å². The number of carbonyl (C=O) groups excluding carboxylic acids is 1. The number of benzene rings is 2. The molecule has 2 heterocycles. The second kappa shape index (κ2) is 7.85. The van der Waals surface area contributed by atoms with Crippen LogP contribution in [-0.4, -0.2) is 20.7 Å². The number of primary amides is 1. The lowest BCUT2D eigenvalue weighted by atomic mass is 10.1. The lowest BCUT2D eigenvalue weighted by Gasteiger charge is -2.23. The average molecular weight is 384 g/mol. The average Bonchev–Trinajstić information content (AvgIpc) is 3.15. The van der Waals surface area contributed by atoms with Crippen LogP contribution in [0.3, 0.4) is 0 Å². The van der Waals surface area contributed by atoms with E-state index in [-0.39, 0.29) is 0 Å². The predicted octanol–water partition coefficient (Wildman–Crippen LogP) is 3.29. The topological polar surface area (TPSA) is 103 Å². The highest BCUT2D eigenvalue weighted by atomic mass is 16.1. The molecule has 0 fully saturated rings. The minimum absolute atomic E-state index is 0.451. The molecule has 0 aliphatic rings. The fraction of sp³-hybridized carbons (Fsp3) is 0.0455. The van der Waals surface area contributed by atoms with E-state index in [2.05, 4.69) is 4.98 Å². The number of hydrogen-bond acceptors (Lipinski definition) is 5. The van der Waals surface area contributed by atoms with Crippen LogP contribution < -0.4 is 16.4 Å². The number of nitrogen functional groups attached to an aromatic ring is 1. The van der Waals surface area contributed by atoms with E-state index in [4.69, 9.17) is 16.6 Å². The van der Waals surface area contributed by atoms with Crippen LogP contribution in [0.15, 0.2) is 85.3 Å². The van der Waals surface area contributed by atoms with Crippen molar-refractivity contribution in [2.45, 2.75) is 6.54 Å². The van der Waals surface area contributed by atoms with E-state index in [1.54, 1.807) is 35.4 Å². The molecule has 29 heavy (non-hydrogen) atoms. The molecule has 4 N–H and O–H groups in total. The summed E-state index contributed by atoms with van der Waals surface area (Å²) in [5, 5.41) is 4.72. The molecule has 0 aliphatic heterocycles. The number of carbonyl (C=O) groups is 1. The fourth-order valence-electron chi connectivity index (χ4n) is 3.07. The van der Waals surface area contributed by atoms with Crippen molar-refractivity contribution < 1.29 is 4.79 Å². The van der Waals surface area contributed by atoms with Crippen LogP contribution in [-0.2, 0) is 6.54 Å². The summed E-state index contributed by atoms with van der Waals surface area (Å²) in [6.07, 6.45) is 5.25. The van der Waals surface area contributed by atoms with Crippen molar-refractivity contribution in [1.82, 2.24) is 14.8 Å². The molecule has 0 saturated heterocycles. The largest absolute Gasteiger partial charge is 0.394 e. The molecule has 0 bridgehead atoms. The van der Waals surface area contributed by atoms with Gasteiger partial charge < -0.3 is 16.4 Å². The first-order valence-corrected chi connectivity index (χ1v) is 9.09. The van der Waals surface area contributed by atoms with Gasteiger partial charge in [-0.25, -0.2) is 4.68 Å². The minimum atomic E-state index is -0.451. The molecule has 0 spiro atoms. The Kier molecular flexibility index (Phi) is 4.94. The molecule has 0 aliphatic carbocycles. The Morgan fingerprint density at radius 3 is 2.31 bits per heavy atom. The highest BCUT2D eigenvalue weighted by Gasteiger charge is 2.18. The smallest absolute Gasteiger partial charge is 0.248 e. The third-order valence-electron chi connectivity index (χ3n) is 4.55. The third-order valence-corrected chi connectivity index (χ3v) is 4.55. The zero-order valence-corrected chi connectivity index (χ0v) is 15.6. The normalized spacial score (nSPS) is 10.6. The molecule has 1 amide bonds. The van der Waals surface area contributed by atoms with Crippen LogP contribution in [0, 0.1) is 0 Å².